The Morgan fingerprint density at radius 3 is 2.50 bits per heavy atom. The third kappa shape index (κ3) is 6.66. The number of carbonyl (C=O) groups excluding carboxylic acids is 1. The van der Waals surface area contributed by atoms with Gasteiger partial charge in [0.1, 0.15) is 0 Å². The fourth-order valence-corrected chi connectivity index (χ4v) is 4.38. The standard InChI is InChI=1S/C19H19ClNO3.C6H5Cl.Na/c1-3-21-19(22)14-6-7-16(12(2)9-14)24-18-11-17-13(10-15(18)20)5-4-8-23-17;7-6-4-2-1-3-5-6;/h5-7,9-11H,3-4,8H2,1-2H3,(H,21,22);1-5H;. The van der Waals surface area contributed by atoms with Gasteiger partial charge in [0, 0.05) is 11.6 Å². The number of ether oxygens (including phenoxy) is 2. The van der Waals surface area contributed by atoms with Crippen LogP contribution in [0.2, 0.25) is 10.0 Å². The molecular weight excluding hydrogens is 456 g/mol. The molecule has 1 N–H and O–H groups in total. The van der Waals surface area contributed by atoms with Crippen LogP contribution in [0.4, 0.5) is 0 Å². The molecule has 0 spiro atoms. The molecule has 4 nitrogen and oxygen atoms in total. The first-order valence-corrected chi connectivity index (χ1v) is 12.5. The minimum Gasteiger partial charge on any atom is -0.0843 e. The molecule has 3 aromatic rings. The van der Waals surface area contributed by atoms with E-state index in [0.717, 1.165) is 57.3 Å². The van der Waals surface area contributed by atoms with Crippen molar-refractivity contribution < 1.29 is 14.3 Å². The zero-order chi connectivity index (χ0) is 23.1. The van der Waals surface area contributed by atoms with Crippen LogP contribution in [-0.2, 0) is 0 Å². The van der Waals surface area contributed by atoms with Gasteiger partial charge in [-0.25, -0.2) is 0 Å². The molecule has 1 atom stereocenters. The van der Waals surface area contributed by atoms with Crippen molar-refractivity contribution in [2.75, 3.05) is 13.2 Å². The first-order valence-electron chi connectivity index (χ1n) is 10.6. The van der Waals surface area contributed by atoms with E-state index >= 15 is 0 Å². The summed E-state index contributed by atoms with van der Waals surface area (Å²) in [6.07, 6.45) is 1.05. The second-order valence-corrected chi connectivity index (χ2v) is 9.83. The molecule has 0 aromatic heterocycles. The second kappa shape index (κ2) is 12.0. The van der Waals surface area contributed by atoms with Crippen molar-refractivity contribution in [2.45, 2.75) is 23.4 Å². The summed E-state index contributed by atoms with van der Waals surface area (Å²) in [5, 5.41) is 4.17. The molecule has 0 saturated heterocycles. The van der Waals surface area contributed by atoms with Crippen LogP contribution in [0.3, 0.4) is 0 Å². The molecule has 0 bridgehead atoms. The molecule has 1 aliphatic heterocycles. The van der Waals surface area contributed by atoms with Crippen LogP contribution in [0.5, 0.6) is 17.2 Å². The molecule has 162 valence electrons. The van der Waals surface area contributed by atoms with Crippen molar-refractivity contribution >= 4 is 57.0 Å². The topological polar surface area (TPSA) is 47.6 Å². The fraction of sp³-hybridized carbons (Fsp3) is 0.240. The zero-order valence-corrected chi connectivity index (χ0v) is 22.0. The molecule has 7 heteroatoms. The van der Waals surface area contributed by atoms with Crippen LogP contribution in [0.15, 0.2) is 60.7 Å². The minimum absolute atomic E-state index is 0.0875. The van der Waals surface area contributed by atoms with Crippen molar-refractivity contribution in [3.05, 3.63) is 87.4 Å². The number of carbonyl (C=O) groups is 1. The van der Waals surface area contributed by atoms with E-state index in [4.69, 9.17) is 32.7 Å². The summed E-state index contributed by atoms with van der Waals surface area (Å²) in [4.78, 5) is 11.9. The summed E-state index contributed by atoms with van der Waals surface area (Å²) in [6, 6.07) is 18.6. The Balaban J connectivity index is 0.000000352. The van der Waals surface area contributed by atoms with Crippen LogP contribution in [0, 0.1) is 6.92 Å². The van der Waals surface area contributed by atoms with E-state index in [-0.39, 0.29) is 5.91 Å². The van der Waals surface area contributed by atoms with Crippen LogP contribution < -0.4 is 14.8 Å². The Morgan fingerprint density at radius 2 is 1.88 bits per heavy atom. The smallest absolute Gasteiger partial charge is 0.0405 e. The summed E-state index contributed by atoms with van der Waals surface area (Å²) in [7, 11) is 0. The van der Waals surface area contributed by atoms with Gasteiger partial charge in [-0.15, -0.1) is 0 Å². The van der Waals surface area contributed by atoms with Gasteiger partial charge in [0.15, 0.2) is 0 Å². The number of hydrogen-bond acceptors (Lipinski definition) is 3. The van der Waals surface area contributed by atoms with E-state index in [1.54, 1.807) is 12.1 Å². The monoisotopic (exact) mass is 479 g/mol. The number of benzene rings is 3. The third-order valence-corrected chi connectivity index (χ3v) is 6.88. The van der Waals surface area contributed by atoms with E-state index in [0.29, 0.717) is 31.8 Å². The van der Waals surface area contributed by atoms with E-state index in [2.05, 4.69) is 5.32 Å². The molecule has 4 rings (SSSR count). The number of amides is 1. The van der Waals surface area contributed by atoms with Crippen molar-refractivity contribution in [2.24, 2.45) is 0 Å². The Bertz CT molecular complexity index is 1080. The first kappa shape index (κ1) is 24.9. The fourth-order valence-electron chi connectivity index (χ4n) is 3.34. The molecule has 0 fully saturated rings. The Labute approximate surface area is 216 Å². The van der Waals surface area contributed by atoms with E-state index in [9.17, 15) is 4.79 Å². The van der Waals surface area contributed by atoms with Crippen molar-refractivity contribution in [3.63, 3.8) is 0 Å². The number of nitrogens with one attached hydrogen (secondary N) is 1. The van der Waals surface area contributed by atoms with E-state index < -0.39 is 0 Å². The van der Waals surface area contributed by atoms with Crippen molar-refractivity contribution in [1.82, 2.24) is 5.32 Å². The van der Waals surface area contributed by atoms with Gasteiger partial charge >= 0.3 is 157 Å². The molecule has 1 unspecified atom stereocenters. The molecule has 1 amide bonds. The van der Waals surface area contributed by atoms with Gasteiger partial charge in [-0.2, -0.15) is 0 Å². The van der Waals surface area contributed by atoms with Crippen molar-refractivity contribution in [3.8, 4) is 17.2 Å². The number of hydrogen-bond donors (Lipinski definition) is 1. The molecule has 1 aliphatic rings. The number of fused-ring (bicyclic) bond motifs is 1. The Morgan fingerprint density at radius 1 is 1.12 bits per heavy atom. The van der Waals surface area contributed by atoms with Gasteiger partial charge in [-0.3, -0.25) is 0 Å². The third-order valence-electron chi connectivity index (χ3n) is 5.13. The van der Waals surface area contributed by atoms with E-state index in [1.165, 1.54) is 5.56 Å². The molecule has 1 heterocycles. The van der Waals surface area contributed by atoms with Crippen LogP contribution in [0.1, 0.15) is 38.0 Å². The average molecular weight is 480 g/mol. The quantitative estimate of drug-likeness (QED) is 0.433. The number of halogens is 2. The predicted octanol–water partition coefficient (Wildman–Crippen LogP) is 6.52. The molecule has 0 aliphatic carbocycles. The van der Waals surface area contributed by atoms with Crippen LogP contribution >= 0.6 is 23.2 Å². The first-order chi connectivity index (χ1) is 15.4. The summed E-state index contributed by atoms with van der Waals surface area (Å²) < 4.78 is 12.3. The minimum atomic E-state index is -0.0875. The second-order valence-electron chi connectivity index (χ2n) is 7.60. The number of rotatable bonds is 4. The Kier molecular flexibility index (Phi) is 9.33. The van der Waals surface area contributed by atoms with Crippen LogP contribution in [0.25, 0.3) is 0 Å². The van der Waals surface area contributed by atoms with Crippen LogP contribution in [-0.4, -0.2) is 47.0 Å². The summed E-state index contributed by atoms with van der Waals surface area (Å²) in [5.74, 6) is 2.02. The van der Waals surface area contributed by atoms with Gasteiger partial charge in [0.25, 0.3) is 0 Å². The maximum atomic E-state index is 11.9. The normalized spacial score (nSPS) is 14.4. The maximum Gasteiger partial charge on any atom is 0.0405 e. The summed E-state index contributed by atoms with van der Waals surface area (Å²) >= 11 is 13.0. The largest absolute Gasteiger partial charge is 0.0843 e. The maximum absolute atomic E-state index is 11.9. The molecule has 3 aromatic carbocycles. The average Bonchev–Trinajstić information content (AvgIpc) is 2.77. The molecule has 0 radical (unpaired) electrons. The number of aryl methyl sites for hydroxylation is 1. The van der Waals surface area contributed by atoms with Gasteiger partial charge < -0.3 is 0 Å². The zero-order valence-electron chi connectivity index (χ0n) is 18.5. The molecule has 32 heavy (non-hydrogen) atoms. The van der Waals surface area contributed by atoms with E-state index in [1.807, 2.05) is 62.4 Å². The molecular formula is C25H24Cl2NNaO3. The van der Waals surface area contributed by atoms with Gasteiger partial charge in [0.05, 0.1) is 0 Å². The van der Waals surface area contributed by atoms with Gasteiger partial charge in [0.2, 0.25) is 0 Å². The Hall–Kier alpha value is -1.69. The van der Waals surface area contributed by atoms with Crippen molar-refractivity contribution in [1.29, 1.82) is 0 Å². The van der Waals surface area contributed by atoms with Gasteiger partial charge in [-0.1, -0.05) is 29.8 Å². The SMILES string of the molecule is CCNC(=O)c1ccc(Oc2cc3c(cc2Cl)[CH]([Na])CCO3)c(C)c1.Clc1ccccc1. The predicted molar refractivity (Wildman–Crippen MR) is 131 cm³/mol. The molecule has 0 saturated carbocycles. The summed E-state index contributed by atoms with van der Waals surface area (Å²) in [5.41, 5.74) is 2.67. The summed E-state index contributed by atoms with van der Waals surface area (Å²) in [6.45, 7) is 5.14. The van der Waals surface area contributed by atoms with Gasteiger partial charge in [-0.05, 0) is 19.1 Å².